The van der Waals surface area contributed by atoms with Crippen LogP contribution in [0.5, 0.6) is 0 Å². The maximum atomic E-state index is 5.52. The summed E-state index contributed by atoms with van der Waals surface area (Å²) in [7, 11) is 0. The van der Waals surface area contributed by atoms with Crippen LogP contribution in [0.1, 0.15) is 0 Å². The Bertz CT molecular complexity index is 631. The maximum Gasteiger partial charge on any atom is 0.165 e. The van der Waals surface area contributed by atoms with Crippen LogP contribution in [-0.2, 0) is 0 Å². The molecule has 15 heavy (non-hydrogen) atoms. The van der Waals surface area contributed by atoms with Gasteiger partial charge in [0.25, 0.3) is 0 Å². The van der Waals surface area contributed by atoms with Crippen LogP contribution in [0.15, 0.2) is 40.7 Å². The third kappa shape index (κ3) is 1.42. The Kier molecular flexibility index (Phi) is 2.12. The standard InChI is InChI=1S/C11H8N2S2/c12-15-11-13-10-8-4-2-1-3-7(8)5-6-9(10)14-11/h1-6H,12H2. The van der Waals surface area contributed by atoms with Crippen molar-refractivity contribution in [3.05, 3.63) is 36.4 Å². The number of fused-ring (bicyclic) bond motifs is 3. The van der Waals surface area contributed by atoms with Gasteiger partial charge in [-0.2, -0.15) is 0 Å². The Morgan fingerprint density at radius 2 is 2.00 bits per heavy atom. The van der Waals surface area contributed by atoms with E-state index < -0.39 is 0 Å². The van der Waals surface area contributed by atoms with Crippen LogP contribution in [0.25, 0.3) is 21.0 Å². The van der Waals surface area contributed by atoms with Gasteiger partial charge in [0, 0.05) is 5.39 Å². The molecule has 0 aliphatic heterocycles. The van der Waals surface area contributed by atoms with E-state index in [0.29, 0.717) is 0 Å². The smallest absolute Gasteiger partial charge is 0.165 e. The Hall–Kier alpha value is -1.10. The lowest BCUT2D eigenvalue weighted by atomic mass is 10.1. The number of nitrogens with two attached hydrogens (primary N) is 1. The molecule has 1 aromatic heterocycles. The van der Waals surface area contributed by atoms with Gasteiger partial charge in [0.05, 0.1) is 10.2 Å². The highest BCUT2D eigenvalue weighted by molar-refractivity contribution is 7.99. The van der Waals surface area contributed by atoms with Gasteiger partial charge >= 0.3 is 0 Å². The van der Waals surface area contributed by atoms with Crippen LogP contribution in [0.2, 0.25) is 0 Å². The zero-order chi connectivity index (χ0) is 10.3. The van der Waals surface area contributed by atoms with Crippen LogP contribution in [0.3, 0.4) is 0 Å². The molecule has 0 saturated heterocycles. The normalized spacial score (nSPS) is 11.3. The van der Waals surface area contributed by atoms with Crippen molar-refractivity contribution in [1.82, 2.24) is 4.98 Å². The minimum atomic E-state index is 0.918. The van der Waals surface area contributed by atoms with E-state index in [2.05, 4.69) is 29.2 Å². The molecule has 0 unspecified atom stereocenters. The average molecular weight is 232 g/mol. The maximum absolute atomic E-state index is 5.52. The molecule has 1 heterocycles. The van der Waals surface area contributed by atoms with Gasteiger partial charge in [-0.05, 0) is 23.4 Å². The summed E-state index contributed by atoms with van der Waals surface area (Å²) in [6.45, 7) is 0. The van der Waals surface area contributed by atoms with E-state index in [1.54, 1.807) is 11.3 Å². The number of nitrogens with zero attached hydrogens (tertiary/aromatic N) is 1. The van der Waals surface area contributed by atoms with Gasteiger partial charge in [0.15, 0.2) is 4.34 Å². The lowest BCUT2D eigenvalue weighted by Gasteiger charge is -1.96. The van der Waals surface area contributed by atoms with E-state index >= 15 is 0 Å². The lowest BCUT2D eigenvalue weighted by Crippen LogP contribution is -1.77. The predicted molar refractivity (Wildman–Crippen MR) is 67.2 cm³/mol. The molecule has 0 radical (unpaired) electrons. The molecule has 0 bridgehead atoms. The van der Waals surface area contributed by atoms with E-state index in [4.69, 9.17) is 5.14 Å². The van der Waals surface area contributed by atoms with Crippen LogP contribution < -0.4 is 5.14 Å². The monoisotopic (exact) mass is 232 g/mol. The molecule has 3 aromatic rings. The second kappa shape index (κ2) is 3.48. The number of thiazole rings is 1. The first kappa shape index (κ1) is 9.15. The first-order chi connectivity index (χ1) is 7.38. The Morgan fingerprint density at radius 3 is 2.87 bits per heavy atom. The first-order valence-corrected chi connectivity index (χ1v) is 6.23. The van der Waals surface area contributed by atoms with Gasteiger partial charge in [0.2, 0.25) is 0 Å². The number of hydrogen-bond donors (Lipinski definition) is 1. The second-order valence-electron chi connectivity index (χ2n) is 3.23. The molecular formula is C11H8N2S2. The summed E-state index contributed by atoms with van der Waals surface area (Å²) in [6, 6.07) is 12.5. The van der Waals surface area contributed by atoms with Crippen molar-refractivity contribution in [3.63, 3.8) is 0 Å². The average Bonchev–Trinajstić information content (AvgIpc) is 2.72. The zero-order valence-corrected chi connectivity index (χ0v) is 9.44. The fourth-order valence-electron chi connectivity index (χ4n) is 1.69. The summed E-state index contributed by atoms with van der Waals surface area (Å²) in [4.78, 5) is 4.52. The fourth-order valence-corrected chi connectivity index (χ4v) is 3.01. The van der Waals surface area contributed by atoms with E-state index in [1.165, 1.54) is 27.4 Å². The molecule has 2 N–H and O–H groups in total. The van der Waals surface area contributed by atoms with Crippen LogP contribution in [0.4, 0.5) is 0 Å². The third-order valence-electron chi connectivity index (χ3n) is 2.36. The van der Waals surface area contributed by atoms with Crippen molar-refractivity contribution in [2.24, 2.45) is 5.14 Å². The number of rotatable bonds is 1. The van der Waals surface area contributed by atoms with Crippen molar-refractivity contribution in [3.8, 4) is 0 Å². The molecule has 74 valence electrons. The summed E-state index contributed by atoms with van der Waals surface area (Å²) >= 11 is 2.85. The van der Waals surface area contributed by atoms with Gasteiger partial charge in [-0.1, -0.05) is 30.3 Å². The van der Waals surface area contributed by atoms with Crippen molar-refractivity contribution < 1.29 is 0 Å². The molecule has 2 nitrogen and oxygen atoms in total. The molecule has 0 spiro atoms. The molecule has 0 aliphatic rings. The molecule has 0 aliphatic carbocycles. The first-order valence-electron chi connectivity index (χ1n) is 4.53. The molecule has 3 rings (SSSR count). The number of hydrogen-bond acceptors (Lipinski definition) is 4. The van der Waals surface area contributed by atoms with Crippen LogP contribution >= 0.6 is 23.3 Å². The summed E-state index contributed by atoms with van der Waals surface area (Å²) < 4.78 is 2.11. The Labute approximate surface area is 95.3 Å². The van der Waals surface area contributed by atoms with Gasteiger partial charge in [-0.3, -0.25) is 5.14 Å². The summed E-state index contributed by atoms with van der Waals surface area (Å²) in [6.07, 6.45) is 0. The SMILES string of the molecule is NSc1nc2c(ccc3ccccc32)s1. The minimum absolute atomic E-state index is 0.918. The van der Waals surface area contributed by atoms with Crippen molar-refractivity contribution in [2.45, 2.75) is 4.34 Å². The van der Waals surface area contributed by atoms with E-state index in [9.17, 15) is 0 Å². The summed E-state index contributed by atoms with van der Waals surface area (Å²) in [5.74, 6) is 0. The van der Waals surface area contributed by atoms with Gasteiger partial charge in [-0.15, -0.1) is 11.3 Å². The topological polar surface area (TPSA) is 38.9 Å². The molecule has 2 aromatic carbocycles. The van der Waals surface area contributed by atoms with Crippen LogP contribution in [-0.4, -0.2) is 4.98 Å². The summed E-state index contributed by atoms with van der Waals surface area (Å²) in [5.41, 5.74) is 1.06. The molecule has 0 saturated carbocycles. The molecule has 4 heteroatoms. The largest absolute Gasteiger partial charge is 0.272 e. The quantitative estimate of drug-likeness (QED) is 0.653. The van der Waals surface area contributed by atoms with E-state index in [1.807, 2.05) is 12.1 Å². The van der Waals surface area contributed by atoms with Gasteiger partial charge in [-0.25, -0.2) is 4.98 Å². The second-order valence-corrected chi connectivity index (χ2v) is 5.14. The van der Waals surface area contributed by atoms with Crippen molar-refractivity contribution in [1.29, 1.82) is 0 Å². The Balaban J connectivity index is 2.47. The van der Waals surface area contributed by atoms with E-state index in [0.717, 1.165) is 9.86 Å². The van der Waals surface area contributed by atoms with E-state index in [-0.39, 0.29) is 0 Å². The highest BCUT2D eigenvalue weighted by Crippen LogP contribution is 2.31. The lowest BCUT2D eigenvalue weighted by molar-refractivity contribution is 1.31. The van der Waals surface area contributed by atoms with Crippen molar-refractivity contribution in [2.75, 3.05) is 0 Å². The number of benzene rings is 2. The highest BCUT2D eigenvalue weighted by atomic mass is 32.2. The third-order valence-corrected chi connectivity index (χ3v) is 4.01. The fraction of sp³-hybridized carbons (Fsp3) is 0. The van der Waals surface area contributed by atoms with Crippen molar-refractivity contribution >= 4 is 44.3 Å². The molecule has 0 amide bonds. The molecule has 0 atom stereocenters. The zero-order valence-electron chi connectivity index (χ0n) is 7.81. The molecule has 0 fully saturated rings. The van der Waals surface area contributed by atoms with Gasteiger partial charge in [0.1, 0.15) is 0 Å². The minimum Gasteiger partial charge on any atom is -0.272 e. The Morgan fingerprint density at radius 1 is 1.13 bits per heavy atom. The summed E-state index contributed by atoms with van der Waals surface area (Å²) in [5, 5.41) is 7.95. The predicted octanol–water partition coefficient (Wildman–Crippen LogP) is 3.42. The molecular weight excluding hydrogens is 224 g/mol. The number of aromatic nitrogens is 1. The van der Waals surface area contributed by atoms with Crippen LogP contribution in [0, 0.1) is 0 Å². The van der Waals surface area contributed by atoms with Gasteiger partial charge < -0.3 is 0 Å². The highest BCUT2D eigenvalue weighted by Gasteiger charge is 2.06.